The normalized spacial score (nSPS) is 15.9. The molecule has 2 aromatic rings. The monoisotopic (exact) mass is 313 g/mol. The summed E-state index contributed by atoms with van der Waals surface area (Å²) in [6.07, 6.45) is 0. The molecule has 0 aromatic heterocycles. The van der Waals surface area contributed by atoms with Crippen molar-refractivity contribution < 1.29 is 19.4 Å². The third-order valence-electron chi connectivity index (χ3n) is 3.99. The molecule has 0 saturated carbocycles. The molecule has 0 amide bonds. The van der Waals surface area contributed by atoms with Gasteiger partial charge in [0, 0.05) is 18.7 Å². The molecule has 5 nitrogen and oxygen atoms in total. The van der Waals surface area contributed by atoms with Gasteiger partial charge in [0.15, 0.2) is 0 Å². The summed E-state index contributed by atoms with van der Waals surface area (Å²) in [6.45, 7) is 1.54. The second-order valence-corrected chi connectivity index (χ2v) is 5.44. The van der Waals surface area contributed by atoms with Crippen LogP contribution in [0.5, 0.6) is 11.5 Å². The molecule has 0 aliphatic carbocycles. The maximum Gasteiger partial charge on any atom is 0.325 e. The smallest absolute Gasteiger partial charge is 0.325 e. The first kappa shape index (κ1) is 15.4. The average Bonchev–Trinajstić information content (AvgIpc) is 2.77. The van der Waals surface area contributed by atoms with Crippen molar-refractivity contribution in [1.29, 1.82) is 0 Å². The number of hydrogen-bond donors (Lipinski definition) is 1. The van der Waals surface area contributed by atoms with Crippen LogP contribution in [0.2, 0.25) is 0 Å². The Bertz CT molecular complexity index is 701. The average molecular weight is 313 g/mol. The third kappa shape index (κ3) is 3.29. The van der Waals surface area contributed by atoms with Gasteiger partial charge in [0.2, 0.25) is 0 Å². The van der Waals surface area contributed by atoms with Gasteiger partial charge in [-0.25, -0.2) is 0 Å². The Morgan fingerprint density at radius 3 is 2.87 bits per heavy atom. The predicted octanol–water partition coefficient (Wildman–Crippen LogP) is 2.72. The molecule has 0 fully saturated rings. The van der Waals surface area contributed by atoms with Crippen molar-refractivity contribution in [3.05, 3.63) is 59.7 Å². The molecule has 0 bridgehead atoms. The number of nitrogens with zero attached hydrogens (tertiary/aromatic N) is 1. The maximum atomic E-state index is 11.9. The van der Waals surface area contributed by atoms with E-state index in [-0.39, 0.29) is 0 Å². The summed E-state index contributed by atoms with van der Waals surface area (Å²) in [7, 11) is 1.57. The molecule has 1 atom stereocenters. The quantitative estimate of drug-likeness (QED) is 0.940. The summed E-state index contributed by atoms with van der Waals surface area (Å²) < 4.78 is 10.9. The highest BCUT2D eigenvalue weighted by Gasteiger charge is 2.29. The topological polar surface area (TPSA) is 59.0 Å². The number of carboxylic acids is 1. The SMILES string of the molecule is COc1cccc(C(C(=O)O)N2CCOc3ccccc3C2)c1. The standard InChI is InChI=1S/C18H19NO4/c1-22-15-7-4-6-13(11-15)17(18(20)21)19-9-10-23-16-8-3-2-5-14(16)12-19/h2-8,11,17H,9-10,12H2,1H3,(H,20,21). The zero-order valence-corrected chi connectivity index (χ0v) is 12.9. The van der Waals surface area contributed by atoms with Gasteiger partial charge in [-0.05, 0) is 23.8 Å². The Labute approximate surface area is 135 Å². The van der Waals surface area contributed by atoms with Crippen LogP contribution in [0, 0.1) is 0 Å². The Balaban J connectivity index is 1.93. The van der Waals surface area contributed by atoms with E-state index in [9.17, 15) is 9.90 Å². The van der Waals surface area contributed by atoms with Crippen molar-refractivity contribution in [1.82, 2.24) is 4.90 Å². The largest absolute Gasteiger partial charge is 0.497 e. The van der Waals surface area contributed by atoms with Crippen LogP contribution >= 0.6 is 0 Å². The molecule has 1 N–H and O–H groups in total. The molecule has 0 saturated heterocycles. The van der Waals surface area contributed by atoms with E-state index in [1.807, 2.05) is 47.4 Å². The fourth-order valence-electron chi connectivity index (χ4n) is 2.89. The summed E-state index contributed by atoms with van der Waals surface area (Å²) in [6, 6.07) is 14.2. The lowest BCUT2D eigenvalue weighted by atomic mass is 10.0. The molecule has 1 aliphatic rings. The first-order valence-electron chi connectivity index (χ1n) is 7.50. The van der Waals surface area contributed by atoms with Crippen molar-refractivity contribution >= 4 is 5.97 Å². The van der Waals surface area contributed by atoms with E-state index in [0.717, 1.165) is 11.3 Å². The summed E-state index contributed by atoms with van der Waals surface area (Å²) in [5.74, 6) is 0.600. The van der Waals surface area contributed by atoms with Gasteiger partial charge in [0.05, 0.1) is 7.11 Å². The number of fused-ring (bicyclic) bond motifs is 1. The lowest BCUT2D eigenvalue weighted by Gasteiger charge is -2.27. The summed E-state index contributed by atoms with van der Waals surface area (Å²) in [5, 5.41) is 9.76. The van der Waals surface area contributed by atoms with Gasteiger partial charge in [0.1, 0.15) is 24.1 Å². The number of rotatable bonds is 4. The van der Waals surface area contributed by atoms with E-state index in [4.69, 9.17) is 9.47 Å². The molecule has 1 unspecified atom stereocenters. The van der Waals surface area contributed by atoms with Crippen LogP contribution in [0.15, 0.2) is 48.5 Å². The van der Waals surface area contributed by atoms with Crippen molar-refractivity contribution in [2.45, 2.75) is 12.6 Å². The van der Waals surface area contributed by atoms with E-state index < -0.39 is 12.0 Å². The van der Waals surface area contributed by atoms with Crippen LogP contribution in [-0.4, -0.2) is 36.2 Å². The summed E-state index contributed by atoms with van der Waals surface area (Å²) in [4.78, 5) is 13.8. The second-order valence-electron chi connectivity index (χ2n) is 5.44. The molecular weight excluding hydrogens is 294 g/mol. The van der Waals surface area contributed by atoms with Gasteiger partial charge in [-0.15, -0.1) is 0 Å². The lowest BCUT2D eigenvalue weighted by molar-refractivity contribution is -0.144. The minimum absolute atomic E-state index is 0.463. The van der Waals surface area contributed by atoms with Gasteiger partial charge in [-0.1, -0.05) is 30.3 Å². The molecule has 5 heteroatoms. The third-order valence-corrected chi connectivity index (χ3v) is 3.99. The number of carboxylic acid groups (broad SMARTS) is 1. The van der Waals surface area contributed by atoms with E-state index in [1.165, 1.54) is 0 Å². The van der Waals surface area contributed by atoms with Crippen LogP contribution in [0.1, 0.15) is 17.2 Å². The molecule has 1 heterocycles. The van der Waals surface area contributed by atoms with Gasteiger partial charge >= 0.3 is 5.97 Å². The van der Waals surface area contributed by atoms with Crippen molar-refractivity contribution in [3.63, 3.8) is 0 Å². The zero-order chi connectivity index (χ0) is 16.2. The number of ether oxygens (including phenoxy) is 2. The molecule has 0 radical (unpaired) electrons. The van der Waals surface area contributed by atoms with Gasteiger partial charge in [0.25, 0.3) is 0 Å². The van der Waals surface area contributed by atoms with E-state index >= 15 is 0 Å². The first-order valence-corrected chi connectivity index (χ1v) is 7.50. The Kier molecular flexibility index (Phi) is 4.48. The van der Waals surface area contributed by atoms with E-state index in [0.29, 0.717) is 31.0 Å². The molecular formula is C18H19NO4. The lowest BCUT2D eigenvalue weighted by Crippen LogP contribution is -2.35. The van der Waals surface area contributed by atoms with Crippen LogP contribution in [0.3, 0.4) is 0 Å². The van der Waals surface area contributed by atoms with Crippen molar-refractivity contribution in [2.75, 3.05) is 20.3 Å². The fourth-order valence-corrected chi connectivity index (χ4v) is 2.89. The second kappa shape index (κ2) is 6.71. The van der Waals surface area contributed by atoms with Crippen LogP contribution in [0.25, 0.3) is 0 Å². The van der Waals surface area contributed by atoms with E-state index in [1.54, 1.807) is 13.2 Å². The minimum atomic E-state index is -0.877. The van der Waals surface area contributed by atoms with Crippen LogP contribution in [-0.2, 0) is 11.3 Å². The first-order chi connectivity index (χ1) is 11.2. The zero-order valence-electron chi connectivity index (χ0n) is 12.9. The van der Waals surface area contributed by atoms with Gasteiger partial charge in [-0.3, -0.25) is 9.69 Å². The molecule has 0 spiro atoms. The molecule has 3 rings (SSSR count). The predicted molar refractivity (Wildman–Crippen MR) is 85.7 cm³/mol. The molecule has 1 aliphatic heterocycles. The number of benzene rings is 2. The van der Waals surface area contributed by atoms with Crippen molar-refractivity contribution in [2.24, 2.45) is 0 Å². The Morgan fingerprint density at radius 2 is 2.09 bits per heavy atom. The van der Waals surface area contributed by atoms with Gasteiger partial charge < -0.3 is 14.6 Å². The highest BCUT2D eigenvalue weighted by atomic mass is 16.5. The van der Waals surface area contributed by atoms with Crippen LogP contribution in [0.4, 0.5) is 0 Å². The Morgan fingerprint density at radius 1 is 1.26 bits per heavy atom. The summed E-state index contributed by atoms with van der Waals surface area (Å²) >= 11 is 0. The molecule has 120 valence electrons. The Hall–Kier alpha value is -2.53. The maximum absolute atomic E-state index is 11.9. The summed E-state index contributed by atoms with van der Waals surface area (Å²) in [5.41, 5.74) is 1.70. The van der Waals surface area contributed by atoms with Gasteiger partial charge in [-0.2, -0.15) is 0 Å². The number of para-hydroxylation sites is 1. The number of aliphatic carboxylic acids is 1. The minimum Gasteiger partial charge on any atom is -0.497 e. The van der Waals surface area contributed by atoms with Crippen LogP contribution < -0.4 is 9.47 Å². The number of hydrogen-bond acceptors (Lipinski definition) is 4. The van der Waals surface area contributed by atoms with E-state index in [2.05, 4.69) is 0 Å². The molecule has 2 aromatic carbocycles. The fraction of sp³-hybridized carbons (Fsp3) is 0.278. The number of methoxy groups -OCH3 is 1. The van der Waals surface area contributed by atoms with Crippen molar-refractivity contribution in [3.8, 4) is 11.5 Å². The highest BCUT2D eigenvalue weighted by molar-refractivity contribution is 5.75. The highest BCUT2D eigenvalue weighted by Crippen LogP contribution is 2.30. The number of carbonyl (C=O) groups is 1. The molecule has 23 heavy (non-hydrogen) atoms.